The first-order valence-corrected chi connectivity index (χ1v) is 7.55. The van der Waals surface area contributed by atoms with Crippen molar-refractivity contribution in [3.8, 4) is 11.5 Å². The van der Waals surface area contributed by atoms with Crippen LogP contribution in [-0.4, -0.2) is 26.2 Å². The van der Waals surface area contributed by atoms with E-state index in [1.54, 1.807) is 14.2 Å². The standard InChI is InChI=1S/C17H20BrNO2/c1-19(11-13-4-7-16(20-2)8-5-13)12-14-10-15(18)6-9-17(14)21-3/h4-10H,11-12H2,1-3H3. The summed E-state index contributed by atoms with van der Waals surface area (Å²) in [5.74, 6) is 1.80. The molecule has 0 unspecified atom stereocenters. The molecule has 0 spiro atoms. The minimum absolute atomic E-state index is 0.828. The molecular weight excluding hydrogens is 330 g/mol. The van der Waals surface area contributed by atoms with Gasteiger partial charge in [-0.3, -0.25) is 4.90 Å². The van der Waals surface area contributed by atoms with E-state index in [-0.39, 0.29) is 0 Å². The summed E-state index contributed by atoms with van der Waals surface area (Å²) in [5.41, 5.74) is 2.43. The summed E-state index contributed by atoms with van der Waals surface area (Å²) in [6, 6.07) is 14.2. The normalized spacial score (nSPS) is 10.7. The number of hydrogen-bond acceptors (Lipinski definition) is 3. The van der Waals surface area contributed by atoms with Gasteiger partial charge in [-0.05, 0) is 42.9 Å². The fourth-order valence-corrected chi connectivity index (χ4v) is 2.67. The number of ether oxygens (including phenoxy) is 2. The molecule has 0 aliphatic heterocycles. The Bertz CT molecular complexity index is 584. The Kier molecular flexibility index (Phi) is 5.65. The van der Waals surface area contributed by atoms with E-state index in [0.717, 1.165) is 29.1 Å². The summed E-state index contributed by atoms with van der Waals surface area (Å²) in [7, 11) is 5.49. The van der Waals surface area contributed by atoms with E-state index in [1.165, 1.54) is 11.1 Å². The predicted molar refractivity (Wildman–Crippen MR) is 88.9 cm³/mol. The predicted octanol–water partition coefficient (Wildman–Crippen LogP) is 4.10. The van der Waals surface area contributed by atoms with Gasteiger partial charge in [0.25, 0.3) is 0 Å². The Hall–Kier alpha value is -1.52. The van der Waals surface area contributed by atoms with Crippen molar-refractivity contribution >= 4 is 15.9 Å². The Labute approximate surface area is 134 Å². The number of methoxy groups -OCH3 is 2. The SMILES string of the molecule is COc1ccc(CN(C)Cc2cc(Br)ccc2OC)cc1. The largest absolute Gasteiger partial charge is 0.497 e. The lowest BCUT2D eigenvalue weighted by Gasteiger charge is -2.19. The first kappa shape index (κ1) is 15.9. The highest BCUT2D eigenvalue weighted by Crippen LogP contribution is 2.24. The van der Waals surface area contributed by atoms with Gasteiger partial charge in [-0.2, -0.15) is 0 Å². The van der Waals surface area contributed by atoms with E-state index in [1.807, 2.05) is 24.3 Å². The summed E-state index contributed by atoms with van der Waals surface area (Å²) in [6.45, 7) is 1.70. The third-order valence-electron chi connectivity index (χ3n) is 3.29. The zero-order valence-electron chi connectivity index (χ0n) is 12.6. The van der Waals surface area contributed by atoms with Crippen LogP contribution in [0, 0.1) is 0 Å². The second kappa shape index (κ2) is 7.48. The van der Waals surface area contributed by atoms with Gasteiger partial charge in [0.05, 0.1) is 14.2 Å². The van der Waals surface area contributed by atoms with Crippen molar-refractivity contribution in [3.63, 3.8) is 0 Å². The van der Waals surface area contributed by atoms with Crippen LogP contribution >= 0.6 is 15.9 Å². The first-order chi connectivity index (χ1) is 10.1. The van der Waals surface area contributed by atoms with Crippen molar-refractivity contribution in [2.45, 2.75) is 13.1 Å². The van der Waals surface area contributed by atoms with Crippen molar-refractivity contribution in [1.82, 2.24) is 4.90 Å². The maximum atomic E-state index is 5.42. The maximum Gasteiger partial charge on any atom is 0.123 e. The van der Waals surface area contributed by atoms with Crippen LogP contribution < -0.4 is 9.47 Å². The maximum absolute atomic E-state index is 5.42. The summed E-state index contributed by atoms with van der Waals surface area (Å²) in [4.78, 5) is 2.26. The van der Waals surface area contributed by atoms with Crippen molar-refractivity contribution in [2.24, 2.45) is 0 Å². The topological polar surface area (TPSA) is 21.7 Å². The Balaban J connectivity index is 2.03. The number of benzene rings is 2. The van der Waals surface area contributed by atoms with Gasteiger partial charge in [0, 0.05) is 23.1 Å². The molecule has 4 heteroatoms. The molecule has 0 saturated carbocycles. The van der Waals surface area contributed by atoms with Gasteiger partial charge in [0.15, 0.2) is 0 Å². The van der Waals surface area contributed by atoms with Crippen LogP contribution in [-0.2, 0) is 13.1 Å². The summed E-state index contributed by atoms with van der Waals surface area (Å²) in [6.07, 6.45) is 0. The van der Waals surface area contributed by atoms with Crippen LogP contribution in [0.3, 0.4) is 0 Å². The lowest BCUT2D eigenvalue weighted by Crippen LogP contribution is -2.17. The van der Waals surface area contributed by atoms with Gasteiger partial charge in [-0.25, -0.2) is 0 Å². The quantitative estimate of drug-likeness (QED) is 0.783. The van der Waals surface area contributed by atoms with E-state index in [2.05, 4.69) is 46.1 Å². The second-order valence-electron chi connectivity index (χ2n) is 4.98. The molecule has 112 valence electrons. The third-order valence-corrected chi connectivity index (χ3v) is 3.79. The summed E-state index contributed by atoms with van der Waals surface area (Å²) in [5, 5.41) is 0. The minimum atomic E-state index is 0.828. The van der Waals surface area contributed by atoms with Gasteiger partial charge in [-0.1, -0.05) is 28.1 Å². The molecule has 2 rings (SSSR count). The molecule has 3 nitrogen and oxygen atoms in total. The van der Waals surface area contributed by atoms with E-state index in [4.69, 9.17) is 9.47 Å². The highest BCUT2D eigenvalue weighted by Gasteiger charge is 2.08. The molecule has 0 amide bonds. The van der Waals surface area contributed by atoms with E-state index in [0.29, 0.717) is 0 Å². The molecule has 0 saturated heterocycles. The molecule has 2 aromatic carbocycles. The third kappa shape index (κ3) is 4.48. The zero-order valence-corrected chi connectivity index (χ0v) is 14.2. The highest BCUT2D eigenvalue weighted by atomic mass is 79.9. The number of hydrogen-bond donors (Lipinski definition) is 0. The Morgan fingerprint density at radius 3 is 2.29 bits per heavy atom. The number of halogens is 1. The van der Waals surface area contributed by atoms with Crippen LogP contribution in [0.4, 0.5) is 0 Å². The highest BCUT2D eigenvalue weighted by molar-refractivity contribution is 9.10. The van der Waals surface area contributed by atoms with Crippen LogP contribution in [0.15, 0.2) is 46.9 Å². The molecule has 0 aliphatic carbocycles. The van der Waals surface area contributed by atoms with E-state index >= 15 is 0 Å². The summed E-state index contributed by atoms with van der Waals surface area (Å²) >= 11 is 3.51. The smallest absolute Gasteiger partial charge is 0.123 e. The molecule has 21 heavy (non-hydrogen) atoms. The average molecular weight is 350 g/mol. The van der Waals surface area contributed by atoms with Gasteiger partial charge >= 0.3 is 0 Å². The fraction of sp³-hybridized carbons (Fsp3) is 0.294. The van der Waals surface area contributed by atoms with Gasteiger partial charge in [0.2, 0.25) is 0 Å². The number of nitrogens with zero attached hydrogens (tertiary/aromatic N) is 1. The Morgan fingerprint density at radius 2 is 1.67 bits per heavy atom. The molecule has 0 bridgehead atoms. The van der Waals surface area contributed by atoms with E-state index in [9.17, 15) is 0 Å². The molecule has 0 heterocycles. The molecule has 2 aromatic rings. The molecule has 0 aliphatic rings. The second-order valence-corrected chi connectivity index (χ2v) is 5.89. The van der Waals surface area contributed by atoms with Crippen LogP contribution in [0.5, 0.6) is 11.5 Å². The van der Waals surface area contributed by atoms with Crippen molar-refractivity contribution in [1.29, 1.82) is 0 Å². The first-order valence-electron chi connectivity index (χ1n) is 6.76. The van der Waals surface area contributed by atoms with Crippen molar-refractivity contribution in [3.05, 3.63) is 58.1 Å². The van der Waals surface area contributed by atoms with Crippen molar-refractivity contribution in [2.75, 3.05) is 21.3 Å². The molecule has 0 atom stereocenters. The summed E-state index contributed by atoms with van der Waals surface area (Å²) < 4.78 is 11.7. The number of rotatable bonds is 6. The van der Waals surface area contributed by atoms with Gasteiger partial charge in [0.1, 0.15) is 11.5 Å². The molecule has 0 fully saturated rings. The van der Waals surface area contributed by atoms with Gasteiger partial charge < -0.3 is 9.47 Å². The van der Waals surface area contributed by atoms with Crippen LogP contribution in [0.2, 0.25) is 0 Å². The molecule has 0 radical (unpaired) electrons. The Morgan fingerprint density at radius 1 is 0.952 bits per heavy atom. The van der Waals surface area contributed by atoms with Crippen LogP contribution in [0.25, 0.3) is 0 Å². The minimum Gasteiger partial charge on any atom is -0.497 e. The lowest BCUT2D eigenvalue weighted by molar-refractivity contribution is 0.310. The van der Waals surface area contributed by atoms with E-state index < -0.39 is 0 Å². The lowest BCUT2D eigenvalue weighted by atomic mass is 10.1. The average Bonchev–Trinajstić information content (AvgIpc) is 2.48. The molecule has 0 aromatic heterocycles. The monoisotopic (exact) mass is 349 g/mol. The van der Waals surface area contributed by atoms with Crippen molar-refractivity contribution < 1.29 is 9.47 Å². The van der Waals surface area contributed by atoms with Gasteiger partial charge in [-0.15, -0.1) is 0 Å². The zero-order chi connectivity index (χ0) is 15.2. The van der Waals surface area contributed by atoms with Crippen LogP contribution in [0.1, 0.15) is 11.1 Å². The molecule has 0 N–H and O–H groups in total. The molecular formula is C17H20BrNO2. The fourth-order valence-electron chi connectivity index (χ4n) is 2.26.